The van der Waals surface area contributed by atoms with Gasteiger partial charge in [-0.1, -0.05) is 0 Å². The van der Waals surface area contributed by atoms with Crippen molar-refractivity contribution in [3.8, 4) is 0 Å². The van der Waals surface area contributed by atoms with Crippen LogP contribution in [0, 0.1) is 0 Å². The lowest BCUT2D eigenvalue weighted by atomic mass is 10.5. The molecule has 0 saturated heterocycles. The van der Waals surface area contributed by atoms with E-state index in [-0.39, 0.29) is 0 Å². The molecular weight excluding hydrogens is 192 g/mol. The summed E-state index contributed by atoms with van der Waals surface area (Å²) in [7, 11) is 5.05. The van der Waals surface area contributed by atoms with Gasteiger partial charge in [0.2, 0.25) is 0 Å². The molecule has 0 unspecified atom stereocenters. The molecule has 3 nitrogen and oxygen atoms in total. The van der Waals surface area contributed by atoms with Crippen LogP contribution in [0.4, 0.5) is 0 Å². The van der Waals surface area contributed by atoms with E-state index in [9.17, 15) is 0 Å². The standard InChI is InChI=1S/C10H26N2OSi/c1-11(2)7-8-12(3)9-10-13-14(4,5)6/h7-10H2,1-6H3. The van der Waals surface area contributed by atoms with Gasteiger partial charge in [0.25, 0.3) is 0 Å². The molecule has 0 atom stereocenters. The van der Waals surface area contributed by atoms with Gasteiger partial charge >= 0.3 is 0 Å². The van der Waals surface area contributed by atoms with E-state index in [2.05, 4.69) is 50.6 Å². The Bertz CT molecular complexity index is 146. The molecule has 0 aliphatic carbocycles. The van der Waals surface area contributed by atoms with Gasteiger partial charge in [-0.05, 0) is 40.8 Å². The summed E-state index contributed by atoms with van der Waals surface area (Å²) in [5.74, 6) is 0. The second-order valence-electron chi connectivity index (χ2n) is 5.07. The summed E-state index contributed by atoms with van der Waals surface area (Å²) in [6.45, 7) is 10.8. The van der Waals surface area contributed by atoms with E-state index >= 15 is 0 Å². The zero-order chi connectivity index (χ0) is 11.2. The highest BCUT2D eigenvalue weighted by Gasteiger charge is 2.13. The van der Waals surface area contributed by atoms with Crippen LogP contribution in [0.5, 0.6) is 0 Å². The van der Waals surface area contributed by atoms with E-state index < -0.39 is 8.32 Å². The first-order chi connectivity index (χ1) is 6.31. The average Bonchev–Trinajstić information content (AvgIpc) is 1.98. The summed E-state index contributed by atoms with van der Waals surface area (Å²) >= 11 is 0. The van der Waals surface area contributed by atoms with Crippen LogP contribution in [-0.2, 0) is 4.43 Å². The van der Waals surface area contributed by atoms with Gasteiger partial charge < -0.3 is 14.2 Å². The van der Waals surface area contributed by atoms with Crippen LogP contribution in [0.1, 0.15) is 0 Å². The van der Waals surface area contributed by atoms with E-state index in [0.29, 0.717) is 0 Å². The minimum absolute atomic E-state index is 0.875. The van der Waals surface area contributed by atoms with Crippen molar-refractivity contribution in [3.05, 3.63) is 0 Å². The molecule has 0 spiro atoms. The molecule has 0 heterocycles. The Balaban J connectivity index is 3.40. The third-order valence-electron chi connectivity index (χ3n) is 1.94. The van der Waals surface area contributed by atoms with E-state index in [4.69, 9.17) is 4.43 Å². The molecule has 0 rings (SSSR count). The lowest BCUT2D eigenvalue weighted by Crippen LogP contribution is -2.34. The molecule has 0 aliphatic rings. The van der Waals surface area contributed by atoms with E-state index in [1.54, 1.807) is 0 Å². The Hall–Kier alpha value is 0.0969. The maximum Gasteiger partial charge on any atom is 0.183 e. The topological polar surface area (TPSA) is 15.7 Å². The lowest BCUT2D eigenvalue weighted by Gasteiger charge is -2.22. The van der Waals surface area contributed by atoms with Gasteiger partial charge in [-0.3, -0.25) is 0 Å². The fourth-order valence-electron chi connectivity index (χ4n) is 0.990. The predicted molar refractivity (Wildman–Crippen MR) is 65.3 cm³/mol. The van der Waals surface area contributed by atoms with Crippen LogP contribution < -0.4 is 0 Å². The molecule has 0 fully saturated rings. The highest BCUT2D eigenvalue weighted by Crippen LogP contribution is 2.01. The van der Waals surface area contributed by atoms with Crippen LogP contribution in [0.2, 0.25) is 19.6 Å². The maximum atomic E-state index is 5.79. The molecule has 0 N–H and O–H groups in total. The fraction of sp³-hybridized carbons (Fsp3) is 1.00. The summed E-state index contributed by atoms with van der Waals surface area (Å²) in [6.07, 6.45) is 0. The van der Waals surface area contributed by atoms with Gasteiger partial charge in [0.1, 0.15) is 0 Å². The molecule has 14 heavy (non-hydrogen) atoms. The number of hydrogen-bond acceptors (Lipinski definition) is 3. The zero-order valence-electron chi connectivity index (χ0n) is 10.6. The van der Waals surface area contributed by atoms with Crippen molar-refractivity contribution in [2.45, 2.75) is 19.6 Å². The molecule has 0 aromatic heterocycles. The van der Waals surface area contributed by atoms with Gasteiger partial charge in [-0.2, -0.15) is 0 Å². The second kappa shape index (κ2) is 6.56. The largest absolute Gasteiger partial charge is 0.416 e. The molecule has 4 heteroatoms. The number of rotatable bonds is 7. The lowest BCUT2D eigenvalue weighted by molar-refractivity contribution is 0.218. The van der Waals surface area contributed by atoms with Crippen molar-refractivity contribution < 1.29 is 4.43 Å². The number of likely N-dealkylation sites (N-methyl/N-ethyl adjacent to an activating group) is 2. The molecular formula is C10H26N2OSi. The summed E-state index contributed by atoms with van der Waals surface area (Å²) in [5.41, 5.74) is 0. The van der Waals surface area contributed by atoms with Gasteiger partial charge in [0, 0.05) is 26.2 Å². The van der Waals surface area contributed by atoms with E-state index in [1.807, 2.05) is 0 Å². The molecule has 0 aromatic rings. The maximum absolute atomic E-state index is 5.79. The van der Waals surface area contributed by atoms with Crippen molar-refractivity contribution in [2.24, 2.45) is 0 Å². The Labute approximate surface area is 90.2 Å². The quantitative estimate of drug-likeness (QED) is 0.600. The van der Waals surface area contributed by atoms with Gasteiger partial charge in [0.05, 0.1) is 0 Å². The summed E-state index contributed by atoms with van der Waals surface area (Å²) in [4.78, 5) is 4.52. The van der Waals surface area contributed by atoms with Crippen molar-refractivity contribution in [2.75, 3.05) is 47.4 Å². The Kier molecular flexibility index (Phi) is 6.60. The predicted octanol–water partition coefficient (Wildman–Crippen LogP) is 1.33. The highest BCUT2D eigenvalue weighted by atomic mass is 28.4. The molecule has 86 valence electrons. The monoisotopic (exact) mass is 218 g/mol. The second-order valence-corrected chi connectivity index (χ2v) is 9.58. The first kappa shape index (κ1) is 14.1. The molecule has 0 amide bonds. The SMILES string of the molecule is CN(C)CCN(C)CCO[Si](C)(C)C. The summed E-state index contributed by atoms with van der Waals surface area (Å²) < 4.78 is 5.79. The van der Waals surface area contributed by atoms with Crippen molar-refractivity contribution in [3.63, 3.8) is 0 Å². The van der Waals surface area contributed by atoms with Crippen LogP contribution in [0.25, 0.3) is 0 Å². The zero-order valence-corrected chi connectivity index (χ0v) is 11.6. The first-order valence-corrected chi connectivity index (χ1v) is 8.69. The number of hydrogen-bond donors (Lipinski definition) is 0. The first-order valence-electron chi connectivity index (χ1n) is 5.28. The number of nitrogens with zero attached hydrogens (tertiary/aromatic N) is 2. The summed E-state index contributed by atoms with van der Waals surface area (Å²) in [6, 6.07) is 0. The Morgan fingerprint density at radius 1 is 0.929 bits per heavy atom. The normalized spacial score (nSPS) is 12.9. The molecule has 0 aliphatic heterocycles. The smallest absolute Gasteiger partial charge is 0.183 e. The third kappa shape index (κ3) is 10.2. The highest BCUT2D eigenvalue weighted by molar-refractivity contribution is 6.69. The minimum atomic E-state index is -1.31. The van der Waals surface area contributed by atoms with Crippen molar-refractivity contribution >= 4 is 8.32 Å². The molecule has 0 aromatic carbocycles. The van der Waals surface area contributed by atoms with Crippen LogP contribution in [-0.4, -0.2) is 65.5 Å². The van der Waals surface area contributed by atoms with E-state index in [1.165, 1.54) is 0 Å². The average molecular weight is 218 g/mol. The van der Waals surface area contributed by atoms with Crippen molar-refractivity contribution in [1.29, 1.82) is 0 Å². The Morgan fingerprint density at radius 3 is 1.93 bits per heavy atom. The van der Waals surface area contributed by atoms with Gasteiger partial charge in [-0.15, -0.1) is 0 Å². The molecule has 0 saturated carbocycles. The minimum Gasteiger partial charge on any atom is -0.416 e. The fourth-order valence-corrected chi connectivity index (χ4v) is 1.69. The van der Waals surface area contributed by atoms with Crippen LogP contribution >= 0.6 is 0 Å². The van der Waals surface area contributed by atoms with Crippen LogP contribution in [0.3, 0.4) is 0 Å². The molecule has 0 bridgehead atoms. The van der Waals surface area contributed by atoms with Crippen LogP contribution in [0.15, 0.2) is 0 Å². The Morgan fingerprint density at radius 2 is 1.50 bits per heavy atom. The van der Waals surface area contributed by atoms with Gasteiger partial charge in [-0.25, -0.2) is 0 Å². The molecule has 0 radical (unpaired) electrons. The van der Waals surface area contributed by atoms with Crippen molar-refractivity contribution in [1.82, 2.24) is 9.80 Å². The summed E-state index contributed by atoms with van der Waals surface area (Å²) in [5, 5.41) is 0. The van der Waals surface area contributed by atoms with Gasteiger partial charge in [0.15, 0.2) is 8.32 Å². The third-order valence-corrected chi connectivity index (χ3v) is 3.01. The van der Waals surface area contributed by atoms with E-state index in [0.717, 1.165) is 26.2 Å².